The predicted octanol–water partition coefficient (Wildman–Crippen LogP) is 28.2. The summed E-state index contributed by atoms with van der Waals surface area (Å²) in [5.41, 5.74) is 23.4. The first kappa shape index (κ1) is 81.5. The highest BCUT2D eigenvalue weighted by atomic mass is 28.3. The maximum atomic E-state index is 2.45. The van der Waals surface area contributed by atoms with Crippen molar-refractivity contribution in [3.8, 4) is 55.9 Å². The summed E-state index contributed by atoms with van der Waals surface area (Å²) in [5, 5.41) is 20.6. The van der Waals surface area contributed by atoms with Gasteiger partial charge in [-0.25, -0.2) is 0 Å². The third-order valence-electron chi connectivity index (χ3n) is 27.1. The van der Waals surface area contributed by atoms with Crippen LogP contribution in [0.2, 0.25) is 0 Å². The monoisotopic (exact) mass is 1740 g/mol. The molecule has 0 bridgehead atoms. The van der Waals surface area contributed by atoms with E-state index in [1.54, 1.807) is 0 Å². The number of hydrogen-bond acceptors (Lipinski definition) is 2. The Morgan fingerprint density at radius 1 is 0.157 bits per heavy atom. The minimum Gasteiger partial charge on any atom is -0.310 e. The lowest BCUT2D eigenvalue weighted by atomic mass is 9.96. The Kier molecular flexibility index (Phi) is 21.8. The van der Waals surface area contributed by atoms with Gasteiger partial charge in [0.2, 0.25) is 0 Å². The van der Waals surface area contributed by atoms with Crippen molar-refractivity contribution in [2.24, 2.45) is 0 Å². The molecular formula is C128H92N4Si2. The minimum absolute atomic E-state index is 1.09. The predicted molar refractivity (Wildman–Crippen MR) is 575 cm³/mol. The second-order valence-electron chi connectivity index (χ2n) is 34.5. The molecule has 0 atom stereocenters. The highest BCUT2D eigenvalue weighted by Crippen LogP contribution is 2.46. The van der Waals surface area contributed by atoms with Crippen LogP contribution < -0.4 is 51.3 Å². The van der Waals surface area contributed by atoms with Crippen LogP contribution in [0.3, 0.4) is 0 Å². The first-order chi connectivity index (χ1) is 66.5. The lowest BCUT2D eigenvalue weighted by Gasteiger charge is -2.35. The second-order valence-corrected chi connectivity index (χ2v) is 42.1. The lowest BCUT2D eigenvalue weighted by molar-refractivity contribution is 1.18. The van der Waals surface area contributed by atoms with Gasteiger partial charge in [0.1, 0.15) is 0 Å². The van der Waals surface area contributed by atoms with Crippen molar-refractivity contribution >= 4 is 157 Å². The van der Waals surface area contributed by atoms with Crippen LogP contribution in [0.15, 0.2) is 558 Å². The van der Waals surface area contributed by atoms with Crippen LogP contribution in [0.5, 0.6) is 0 Å². The Bertz CT molecular complexity index is 8080. The molecule has 0 saturated carbocycles. The molecule has 0 N–H and O–H groups in total. The Morgan fingerprint density at radius 3 is 0.851 bits per heavy atom. The van der Waals surface area contributed by atoms with Gasteiger partial charge in [-0.05, 0) is 223 Å². The molecule has 0 saturated heterocycles. The lowest BCUT2D eigenvalue weighted by Crippen LogP contribution is -2.74. The fraction of sp³-hybridized carbons (Fsp3) is 0. The van der Waals surface area contributed by atoms with E-state index < -0.39 is 16.1 Å². The average molecular weight is 1740 g/mol. The molecule has 0 spiro atoms. The van der Waals surface area contributed by atoms with Crippen LogP contribution in [0.1, 0.15) is 0 Å². The van der Waals surface area contributed by atoms with Crippen LogP contribution in [-0.2, 0) is 0 Å². The molecule has 0 amide bonds. The fourth-order valence-electron chi connectivity index (χ4n) is 21.1. The van der Waals surface area contributed by atoms with Crippen molar-refractivity contribution in [1.29, 1.82) is 0 Å². The number of benzene rings is 22. The molecule has 134 heavy (non-hydrogen) atoms. The van der Waals surface area contributed by atoms with Gasteiger partial charge in [-0.3, -0.25) is 0 Å². The maximum absolute atomic E-state index is 2.73. The second kappa shape index (κ2) is 35.8. The molecule has 24 aromatic rings. The molecule has 0 aliphatic rings. The molecular weight excluding hydrogens is 1650 g/mol. The summed E-state index contributed by atoms with van der Waals surface area (Å²) in [7, 11) is -5.45. The first-order valence-corrected chi connectivity index (χ1v) is 50.2. The number of anilines is 6. The third kappa shape index (κ3) is 14.7. The van der Waals surface area contributed by atoms with Crippen molar-refractivity contribution < 1.29 is 0 Å². The van der Waals surface area contributed by atoms with Crippen molar-refractivity contribution in [1.82, 2.24) is 9.13 Å². The molecule has 2 aromatic heterocycles. The molecule has 0 fully saturated rings. The topological polar surface area (TPSA) is 16.3 Å². The van der Waals surface area contributed by atoms with Gasteiger partial charge in [0.15, 0.2) is 16.1 Å². The van der Waals surface area contributed by atoms with Gasteiger partial charge in [-0.2, -0.15) is 0 Å². The molecule has 0 aliphatic carbocycles. The fourth-order valence-corrected chi connectivity index (χ4v) is 30.6. The van der Waals surface area contributed by atoms with E-state index in [2.05, 4.69) is 577 Å². The summed E-state index contributed by atoms with van der Waals surface area (Å²) in [6, 6.07) is 205. The summed E-state index contributed by atoms with van der Waals surface area (Å²) in [4.78, 5) is 4.86. The quantitative estimate of drug-likeness (QED) is 0.0559. The van der Waals surface area contributed by atoms with Gasteiger partial charge in [-0.15, -0.1) is 0 Å². The zero-order valence-corrected chi connectivity index (χ0v) is 75.9. The van der Waals surface area contributed by atoms with E-state index in [9.17, 15) is 0 Å². The first-order valence-electron chi connectivity index (χ1n) is 46.2. The van der Waals surface area contributed by atoms with Crippen molar-refractivity contribution in [3.63, 3.8) is 0 Å². The number of aromatic nitrogens is 2. The number of rotatable bonds is 20. The normalized spacial score (nSPS) is 11.6. The van der Waals surface area contributed by atoms with Crippen LogP contribution in [-0.4, -0.2) is 25.3 Å². The van der Waals surface area contributed by atoms with Crippen molar-refractivity contribution in [3.05, 3.63) is 558 Å². The zero-order valence-electron chi connectivity index (χ0n) is 73.9. The summed E-state index contributed by atoms with van der Waals surface area (Å²) >= 11 is 0. The van der Waals surface area contributed by atoms with Gasteiger partial charge in [0, 0.05) is 66.7 Å². The third-order valence-corrected chi connectivity index (χ3v) is 36.7. The Balaban J connectivity index is 0.000000151. The molecule has 2 heterocycles. The molecule has 0 unspecified atom stereocenters. The van der Waals surface area contributed by atoms with E-state index in [4.69, 9.17) is 0 Å². The van der Waals surface area contributed by atoms with E-state index in [1.165, 1.54) is 151 Å². The van der Waals surface area contributed by atoms with E-state index in [1.807, 2.05) is 0 Å². The minimum atomic E-state index is -2.73. The summed E-state index contributed by atoms with van der Waals surface area (Å²) in [5.74, 6) is 0. The zero-order chi connectivity index (χ0) is 89.1. The van der Waals surface area contributed by atoms with Crippen LogP contribution in [0, 0.1) is 0 Å². The largest absolute Gasteiger partial charge is 0.310 e. The molecule has 632 valence electrons. The standard InChI is InChI=1S/2C64H46N2Si/c1-6-21-47(22-7-1)56-32-18-35-59-58(56)34-20-37-61(59)65(51-43-45-55(46-44-51)67(52-25-10-3-11-26-52,53-27-12-4-13-28-53)54-29-14-5-15-30-54)50-41-39-48(40-42-50)57-33-19-38-63-64(57)60-31-16-17-36-62(60)66(63)49-23-8-2-9-24-49;1-6-19-47(20-7-1)49-33-34-51-46-55(40-37-50(51)45-49)65(54-41-43-59(44-42-54)67(56-23-10-3-11-24-56,57-25-12-4-13-26-57)58-27-14-5-15-28-58)53-38-35-48(36-39-53)60-30-18-32-63-64(60)61-29-16-17-31-62(61)66(63)52-21-8-2-9-22-52/h2*1-46H. The van der Waals surface area contributed by atoms with Gasteiger partial charge < -0.3 is 18.9 Å². The highest BCUT2D eigenvalue weighted by molar-refractivity contribution is 7.20. The van der Waals surface area contributed by atoms with Gasteiger partial charge in [-0.1, -0.05) is 437 Å². The number of nitrogens with zero attached hydrogens (tertiary/aromatic N) is 4. The molecule has 0 aliphatic heterocycles. The smallest absolute Gasteiger partial charge is 0.179 e. The SMILES string of the molecule is c1ccc(-c2ccc3cc(N(c4ccc(-c5cccc6c5c5ccccc5n6-c5ccccc5)cc4)c4ccc([Si](c5ccccc5)(c5ccccc5)c5ccccc5)cc4)ccc3c2)cc1.c1ccc(-c2cccc3c(N(c4ccc(-c5cccc6c5c5ccccc5n6-c5ccccc5)cc4)c4ccc([Si](c5ccccc5)(c5ccccc5)c5ccccc5)cc4)cccc23)cc1. The summed E-state index contributed by atoms with van der Waals surface area (Å²) in [6.45, 7) is 0. The van der Waals surface area contributed by atoms with E-state index in [0.29, 0.717) is 0 Å². The Hall–Kier alpha value is -17.0. The van der Waals surface area contributed by atoms with Gasteiger partial charge in [0.05, 0.1) is 27.8 Å². The maximum Gasteiger partial charge on any atom is 0.179 e. The number of fused-ring (bicyclic) bond motifs is 8. The van der Waals surface area contributed by atoms with E-state index in [0.717, 1.165) is 45.5 Å². The molecule has 0 radical (unpaired) electrons. The Morgan fingerprint density at radius 2 is 0.433 bits per heavy atom. The average Bonchev–Trinajstić information content (AvgIpc) is 1.63. The van der Waals surface area contributed by atoms with Gasteiger partial charge >= 0.3 is 0 Å². The van der Waals surface area contributed by atoms with Crippen molar-refractivity contribution in [2.45, 2.75) is 0 Å². The Labute approximate surface area is 784 Å². The molecule has 24 rings (SSSR count). The molecule has 6 heteroatoms. The highest BCUT2D eigenvalue weighted by Gasteiger charge is 2.43. The summed E-state index contributed by atoms with van der Waals surface area (Å²) in [6.07, 6.45) is 0. The van der Waals surface area contributed by atoms with E-state index in [-0.39, 0.29) is 0 Å². The van der Waals surface area contributed by atoms with Crippen LogP contribution in [0.4, 0.5) is 34.1 Å². The molecule has 22 aromatic carbocycles. The number of para-hydroxylation sites is 4. The van der Waals surface area contributed by atoms with Gasteiger partial charge in [0.25, 0.3) is 0 Å². The number of hydrogen-bond donors (Lipinski definition) is 0. The van der Waals surface area contributed by atoms with E-state index >= 15 is 0 Å². The molecule has 4 nitrogen and oxygen atoms in total. The van der Waals surface area contributed by atoms with Crippen molar-refractivity contribution in [2.75, 3.05) is 9.80 Å². The van der Waals surface area contributed by atoms with Crippen LogP contribution in [0.25, 0.3) is 121 Å². The van der Waals surface area contributed by atoms with Crippen LogP contribution >= 0.6 is 0 Å². The summed E-state index contributed by atoms with van der Waals surface area (Å²) < 4.78 is 4.78.